The molecule has 11 heteroatoms. The van der Waals surface area contributed by atoms with E-state index in [0.717, 1.165) is 5.56 Å². The maximum atomic E-state index is 13.1. The van der Waals surface area contributed by atoms with E-state index in [1.54, 1.807) is 59.5 Å². The summed E-state index contributed by atoms with van der Waals surface area (Å²) >= 11 is 0. The zero-order valence-corrected chi connectivity index (χ0v) is 24.4. The van der Waals surface area contributed by atoms with Crippen molar-refractivity contribution >= 4 is 35.1 Å². The molecule has 2 heterocycles. The third-order valence-corrected chi connectivity index (χ3v) is 7.18. The van der Waals surface area contributed by atoms with Crippen LogP contribution in [-0.4, -0.2) is 63.1 Å². The van der Waals surface area contributed by atoms with Crippen LogP contribution < -0.4 is 16.4 Å². The van der Waals surface area contributed by atoms with Gasteiger partial charge in [0.2, 0.25) is 11.9 Å². The fourth-order valence-electron chi connectivity index (χ4n) is 4.74. The van der Waals surface area contributed by atoms with Crippen LogP contribution in [0.2, 0.25) is 0 Å². The number of nitrogen functional groups attached to an aromatic ring is 1. The number of hydrogen-bond acceptors (Lipinski definition) is 9. The van der Waals surface area contributed by atoms with E-state index in [4.69, 9.17) is 10.5 Å². The van der Waals surface area contributed by atoms with Crippen molar-refractivity contribution < 1.29 is 19.4 Å². The van der Waals surface area contributed by atoms with Crippen molar-refractivity contribution in [1.82, 2.24) is 19.9 Å². The van der Waals surface area contributed by atoms with Gasteiger partial charge in [-0.3, -0.25) is 9.59 Å². The first-order valence-electron chi connectivity index (χ1n) is 14.0. The number of amides is 2. The van der Waals surface area contributed by atoms with Crippen molar-refractivity contribution in [3.8, 4) is 11.4 Å². The lowest BCUT2D eigenvalue weighted by Gasteiger charge is -2.26. The summed E-state index contributed by atoms with van der Waals surface area (Å²) in [4.78, 5) is 40.6. The third kappa shape index (κ3) is 6.96. The molecule has 5 N–H and O–H groups in total. The minimum Gasteiger partial charge on any atom is -0.392 e. The molecule has 3 aromatic carbocycles. The molecule has 0 atom stereocenters. The zero-order chi connectivity index (χ0) is 30.6. The molecule has 0 radical (unpaired) electrons. The van der Waals surface area contributed by atoms with Gasteiger partial charge >= 0.3 is 0 Å². The molecule has 1 aromatic heterocycles. The van der Waals surface area contributed by atoms with Gasteiger partial charge in [0.1, 0.15) is 0 Å². The van der Waals surface area contributed by atoms with Gasteiger partial charge in [-0.15, -0.1) is 0 Å². The van der Waals surface area contributed by atoms with Crippen LogP contribution in [0.4, 0.5) is 23.3 Å². The van der Waals surface area contributed by atoms with Crippen LogP contribution >= 0.6 is 0 Å². The third-order valence-electron chi connectivity index (χ3n) is 7.18. The van der Waals surface area contributed by atoms with Gasteiger partial charge < -0.3 is 31.1 Å². The summed E-state index contributed by atoms with van der Waals surface area (Å²) < 4.78 is 5.33. The van der Waals surface area contributed by atoms with Crippen molar-refractivity contribution in [3.05, 3.63) is 89.0 Å². The summed E-state index contributed by atoms with van der Waals surface area (Å²) in [5.74, 6) is 0.0343. The number of morpholine rings is 1. The number of anilines is 4. The molecule has 0 spiro atoms. The highest BCUT2D eigenvalue weighted by molar-refractivity contribution is 6.05. The minimum atomic E-state index is -0.373. The number of aliphatic hydroxyl groups excluding tert-OH is 1. The van der Waals surface area contributed by atoms with E-state index in [1.165, 1.54) is 0 Å². The van der Waals surface area contributed by atoms with Crippen molar-refractivity contribution in [3.63, 3.8) is 0 Å². The molecule has 222 valence electrons. The van der Waals surface area contributed by atoms with Gasteiger partial charge in [-0.25, -0.2) is 0 Å². The standard InChI is InChI=1S/C32H35N7O4/c1-32(2,3)22-11-7-20(8-12-22)28(41)35-26-6-4-5-24(25(26)19-40)27-36-30(33)38-31(37-27)34-23-13-9-21(10-14-23)29(42)39-15-17-43-18-16-39/h4-14,40H,15-19H2,1-3H3,(H,35,41)(H3,33,34,36,37,38). The summed E-state index contributed by atoms with van der Waals surface area (Å²) in [6.07, 6.45) is 0. The van der Waals surface area contributed by atoms with Crippen LogP contribution in [0.15, 0.2) is 66.7 Å². The van der Waals surface area contributed by atoms with Gasteiger partial charge in [0.15, 0.2) is 5.82 Å². The van der Waals surface area contributed by atoms with Crippen molar-refractivity contribution in [2.45, 2.75) is 32.8 Å². The van der Waals surface area contributed by atoms with Crippen molar-refractivity contribution in [2.24, 2.45) is 0 Å². The van der Waals surface area contributed by atoms with E-state index < -0.39 is 0 Å². The molecule has 0 unspecified atom stereocenters. The Kier molecular flexibility index (Phi) is 8.65. The van der Waals surface area contributed by atoms with E-state index >= 15 is 0 Å². The average molecular weight is 582 g/mol. The maximum Gasteiger partial charge on any atom is 0.255 e. The van der Waals surface area contributed by atoms with Gasteiger partial charge in [0.05, 0.1) is 19.8 Å². The van der Waals surface area contributed by atoms with E-state index in [1.807, 2.05) is 12.1 Å². The Labute approximate surface area is 250 Å². The molecule has 1 saturated heterocycles. The Morgan fingerprint density at radius 3 is 2.26 bits per heavy atom. The molecule has 2 amide bonds. The average Bonchev–Trinajstić information content (AvgIpc) is 3.00. The second-order valence-electron chi connectivity index (χ2n) is 11.2. The summed E-state index contributed by atoms with van der Waals surface area (Å²) in [6.45, 7) is 8.17. The fraction of sp³-hybridized carbons (Fsp3) is 0.281. The van der Waals surface area contributed by atoms with Gasteiger partial charge in [0, 0.05) is 46.7 Å². The molecule has 11 nitrogen and oxygen atoms in total. The number of nitrogens with two attached hydrogens (primary N) is 1. The van der Waals surface area contributed by atoms with E-state index in [9.17, 15) is 14.7 Å². The number of carbonyl (C=O) groups excluding carboxylic acids is 2. The molecule has 4 aromatic rings. The Morgan fingerprint density at radius 2 is 1.60 bits per heavy atom. The molecular formula is C32H35N7O4. The smallest absolute Gasteiger partial charge is 0.255 e. The largest absolute Gasteiger partial charge is 0.392 e. The summed E-state index contributed by atoms with van der Waals surface area (Å²) in [7, 11) is 0. The number of aliphatic hydroxyl groups is 1. The van der Waals surface area contributed by atoms with Gasteiger partial charge in [0.25, 0.3) is 11.8 Å². The second-order valence-corrected chi connectivity index (χ2v) is 11.2. The number of aromatic nitrogens is 3. The molecular weight excluding hydrogens is 546 g/mol. The second kappa shape index (κ2) is 12.6. The first-order valence-corrected chi connectivity index (χ1v) is 14.0. The summed E-state index contributed by atoms with van der Waals surface area (Å²) in [6, 6.07) is 19.6. The summed E-state index contributed by atoms with van der Waals surface area (Å²) in [5, 5.41) is 16.3. The number of rotatable bonds is 7. The predicted molar refractivity (Wildman–Crippen MR) is 165 cm³/mol. The van der Waals surface area contributed by atoms with Gasteiger partial charge in [-0.05, 0) is 53.4 Å². The normalized spacial score (nSPS) is 13.4. The Balaban J connectivity index is 1.35. The lowest BCUT2D eigenvalue weighted by molar-refractivity contribution is 0.0303. The van der Waals surface area contributed by atoms with E-state index in [0.29, 0.717) is 59.9 Å². The zero-order valence-electron chi connectivity index (χ0n) is 24.4. The number of hydrogen-bond donors (Lipinski definition) is 4. The SMILES string of the molecule is CC(C)(C)c1ccc(C(=O)Nc2cccc(-c3nc(N)nc(Nc4ccc(C(=O)N5CCOCC5)cc4)n3)c2CO)cc1. The van der Waals surface area contributed by atoms with Crippen molar-refractivity contribution in [1.29, 1.82) is 0 Å². The van der Waals surface area contributed by atoms with Crippen LogP contribution in [0.1, 0.15) is 52.6 Å². The van der Waals surface area contributed by atoms with E-state index in [2.05, 4.69) is 46.4 Å². The number of ether oxygens (including phenoxy) is 1. The quantitative estimate of drug-likeness (QED) is 0.249. The molecule has 0 saturated carbocycles. The monoisotopic (exact) mass is 581 g/mol. The van der Waals surface area contributed by atoms with Crippen LogP contribution in [-0.2, 0) is 16.8 Å². The number of nitrogens with zero attached hydrogens (tertiary/aromatic N) is 4. The molecule has 43 heavy (non-hydrogen) atoms. The molecule has 1 aliphatic rings. The summed E-state index contributed by atoms with van der Waals surface area (Å²) in [5.41, 5.74) is 10.2. The Bertz CT molecular complexity index is 1610. The number of carbonyl (C=O) groups is 2. The molecule has 1 fully saturated rings. The van der Waals surface area contributed by atoms with Gasteiger partial charge in [-0.1, -0.05) is 45.0 Å². The molecule has 0 aliphatic carbocycles. The minimum absolute atomic E-state index is 0.0242. The van der Waals surface area contributed by atoms with Crippen LogP contribution in [0, 0.1) is 0 Å². The lowest BCUT2D eigenvalue weighted by atomic mass is 9.86. The van der Waals surface area contributed by atoms with Crippen LogP contribution in [0.3, 0.4) is 0 Å². The predicted octanol–water partition coefficient (Wildman–Crippen LogP) is 4.38. The Morgan fingerprint density at radius 1 is 0.930 bits per heavy atom. The highest BCUT2D eigenvalue weighted by atomic mass is 16.5. The Hall–Kier alpha value is -4.87. The van der Waals surface area contributed by atoms with Gasteiger partial charge in [-0.2, -0.15) is 15.0 Å². The van der Waals surface area contributed by atoms with Crippen molar-refractivity contribution in [2.75, 3.05) is 42.7 Å². The first-order chi connectivity index (χ1) is 20.6. The van der Waals surface area contributed by atoms with Crippen LogP contribution in [0.25, 0.3) is 11.4 Å². The lowest BCUT2D eigenvalue weighted by Crippen LogP contribution is -2.40. The molecule has 0 bridgehead atoms. The molecule has 5 rings (SSSR count). The molecule has 1 aliphatic heterocycles. The highest BCUT2D eigenvalue weighted by Crippen LogP contribution is 2.29. The number of benzene rings is 3. The topological polar surface area (TPSA) is 156 Å². The highest BCUT2D eigenvalue weighted by Gasteiger charge is 2.20. The van der Waals surface area contributed by atoms with Crippen LogP contribution in [0.5, 0.6) is 0 Å². The first kappa shape index (κ1) is 29.6. The van der Waals surface area contributed by atoms with E-state index in [-0.39, 0.29) is 41.6 Å². The fourth-order valence-corrected chi connectivity index (χ4v) is 4.74. The number of nitrogens with one attached hydrogen (secondary N) is 2. The maximum absolute atomic E-state index is 13.1.